The number of aryl methyl sites for hydroxylation is 1. The number of ether oxygens (including phenoxy) is 1. The van der Waals surface area contributed by atoms with E-state index in [4.69, 9.17) is 10.5 Å². The van der Waals surface area contributed by atoms with Crippen molar-refractivity contribution < 1.29 is 14.3 Å². The summed E-state index contributed by atoms with van der Waals surface area (Å²) in [6.45, 7) is 1.54. The van der Waals surface area contributed by atoms with Crippen molar-refractivity contribution >= 4 is 11.8 Å². The fourth-order valence-corrected chi connectivity index (χ4v) is 1.47. The Morgan fingerprint density at radius 3 is 2.63 bits per heavy atom. The van der Waals surface area contributed by atoms with Gasteiger partial charge in [0.15, 0.2) is 0 Å². The number of benzene rings is 1. The third kappa shape index (κ3) is 4.97. The first-order chi connectivity index (χ1) is 9.04. The summed E-state index contributed by atoms with van der Waals surface area (Å²) < 4.78 is 5.19. The third-order valence-electron chi connectivity index (χ3n) is 2.55. The SMILES string of the molecule is COc1ccccc1CCC(=O)NNC(=O)C(C)N. The monoisotopic (exact) mass is 265 g/mol. The van der Waals surface area contributed by atoms with Gasteiger partial charge in [-0.3, -0.25) is 20.4 Å². The molecule has 1 aromatic rings. The molecule has 19 heavy (non-hydrogen) atoms. The van der Waals surface area contributed by atoms with Crippen molar-refractivity contribution in [2.75, 3.05) is 7.11 Å². The lowest BCUT2D eigenvalue weighted by Gasteiger charge is -2.10. The lowest BCUT2D eigenvalue weighted by Crippen LogP contribution is -2.48. The average Bonchev–Trinajstić information content (AvgIpc) is 2.42. The molecule has 0 heterocycles. The number of nitrogens with one attached hydrogen (secondary N) is 2. The van der Waals surface area contributed by atoms with Crippen molar-refractivity contribution in [3.63, 3.8) is 0 Å². The molecule has 6 nitrogen and oxygen atoms in total. The maximum Gasteiger partial charge on any atom is 0.254 e. The van der Waals surface area contributed by atoms with Crippen molar-refractivity contribution in [1.29, 1.82) is 0 Å². The molecule has 0 aromatic heterocycles. The molecule has 0 radical (unpaired) electrons. The van der Waals surface area contributed by atoms with Gasteiger partial charge >= 0.3 is 0 Å². The van der Waals surface area contributed by atoms with Crippen molar-refractivity contribution in [1.82, 2.24) is 10.9 Å². The summed E-state index contributed by atoms with van der Waals surface area (Å²) >= 11 is 0. The molecule has 4 N–H and O–H groups in total. The molecule has 1 unspecified atom stereocenters. The van der Waals surface area contributed by atoms with Gasteiger partial charge in [0.25, 0.3) is 5.91 Å². The first-order valence-electron chi connectivity index (χ1n) is 6.00. The van der Waals surface area contributed by atoms with Crippen LogP contribution in [0.2, 0.25) is 0 Å². The Morgan fingerprint density at radius 2 is 2.00 bits per heavy atom. The molecule has 1 rings (SSSR count). The number of para-hydroxylation sites is 1. The quantitative estimate of drug-likeness (QED) is 0.659. The first-order valence-corrected chi connectivity index (χ1v) is 6.00. The molecular formula is C13H19N3O3. The molecule has 2 amide bonds. The number of carbonyl (C=O) groups excluding carboxylic acids is 2. The van der Waals surface area contributed by atoms with Crippen LogP contribution in [-0.4, -0.2) is 25.0 Å². The van der Waals surface area contributed by atoms with Crippen LogP contribution < -0.4 is 21.3 Å². The van der Waals surface area contributed by atoms with E-state index in [9.17, 15) is 9.59 Å². The molecule has 0 aliphatic heterocycles. The molecule has 0 aliphatic carbocycles. The summed E-state index contributed by atoms with van der Waals surface area (Å²) in [5.74, 6) is 0.0421. The van der Waals surface area contributed by atoms with E-state index in [1.807, 2.05) is 24.3 Å². The molecule has 0 saturated heterocycles. The number of hydrazine groups is 1. The molecule has 1 atom stereocenters. The van der Waals surface area contributed by atoms with Gasteiger partial charge in [-0.05, 0) is 25.0 Å². The summed E-state index contributed by atoms with van der Waals surface area (Å²) in [7, 11) is 1.59. The minimum Gasteiger partial charge on any atom is -0.496 e. The highest BCUT2D eigenvalue weighted by Gasteiger charge is 2.09. The second-order valence-electron chi connectivity index (χ2n) is 4.14. The van der Waals surface area contributed by atoms with Crippen molar-refractivity contribution in [2.45, 2.75) is 25.8 Å². The minimum atomic E-state index is -0.658. The molecule has 0 saturated carbocycles. The fourth-order valence-electron chi connectivity index (χ4n) is 1.47. The van der Waals surface area contributed by atoms with Gasteiger partial charge in [0.2, 0.25) is 5.91 Å². The average molecular weight is 265 g/mol. The summed E-state index contributed by atoms with van der Waals surface area (Å²) in [6.07, 6.45) is 0.781. The number of hydrogen-bond donors (Lipinski definition) is 3. The Labute approximate surface area is 112 Å². The van der Waals surface area contributed by atoms with E-state index < -0.39 is 11.9 Å². The van der Waals surface area contributed by atoms with Crippen LogP contribution in [0.25, 0.3) is 0 Å². The first kappa shape index (κ1) is 15.0. The van der Waals surface area contributed by atoms with E-state index in [1.165, 1.54) is 6.92 Å². The summed E-state index contributed by atoms with van der Waals surface area (Å²) in [6, 6.07) is 6.82. The largest absolute Gasteiger partial charge is 0.496 e. The Balaban J connectivity index is 2.40. The number of carbonyl (C=O) groups is 2. The number of hydrogen-bond acceptors (Lipinski definition) is 4. The summed E-state index contributed by atoms with van der Waals surface area (Å²) in [5, 5.41) is 0. The molecular weight excluding hydrogens is 246 g/mol. The van der Waals surface area contributed by atoms with Crippen molar-refractivity contribution in [3.05, 3.63) is 29.8 Å². The lowest BCUT2D eigenvalue weighted by atomic mass is 10.1. The number of rotatable bonds is 5. The Bertz CT molecular complexity index is 447. The highest BCUT2D eigenvalue weighted by Crippen LogP contribution is 2.18. The van der Waals surface area contributed by atoms with Gasteiger partial charge in [-0.15, -0.1) is 0 Å². The zero-order chi connectivity index (χ0) is 14.3. The molecule has 104 valence electrons. The van der Waals surface area contributed by atoms with E-state index in [1.54, 1.807) is 7.11 Å². The van der Waals surface area contributed by atoms with Gasteiger partial charge in [0.05, 0.1) is 13.2 Å². The third-order valence-corrected chi connectivity index (χ3v) is 2.55. The Hall–Kier alpha value is -2.08. The summed E-state index contributed by atoms with van der Waals surface area (Å²) in [5.41, 5.74) is 10.9. The van der Waals surface area contributed by atoms with Gasteiger partial charge < -0.3 is 10.5 Å². The van der Waals surface area contributed by atoms with E-state index in [0.717, 1.165) is 11.3 Å². The standard InChI is InChI=1S/C13H19N3O3/c1-9(14)13(18)16-15-12(17)8-7-10-5-3-4-6-11(10)19-2/h3-6,9H,7-8,14H2,1-2H3,(H,15,17)(H,16,18). The van der Waals surface area contributed by atoms with E-state index in [2.05, 4.69) is 10.9 Å². The van der Waals surface area contributed by atoms with Gasteiger partial charge in [0.1, 0.15) is 5.75 Å². The van der Waals surface area contributed by atoms with E-state index in [0.29, 0.717) is 6.42 Å². The number of nitrogens with two attached hydrogens (primary N) is 1. The molecule has 6 heteroatoms. The van der Waals surface area contributed by atoms with Crippen LogP contribution in [-0.2, 0) is 16.0 Å². The number of amides is 2. The normalized spacial score (nSPS) is 11.5. The van der Waals surface area contributed by atoms with Crippen molar-refractivity contribution in [2.24, 2.45) is 5.73 Å². The molecule has 1 aromatic carbocycles. The maximum atomic E-state index is 11.5. The Morgan fingerprint density at radius 1 is 1.32 bits per heavy atom. The highest BCUT2D eigenvalue weighted by molar-refractivity contribution is 5.84. The Kier molecular flexibility index (Phi) is 5.81. The predicted molar refractivity (Wildman–Crippen MR) is 71.2 cm³/mol. The van der Waals surface area contributed by atoms with Gasteiger partial charge in [-0.1, -0.05) is 18.2 Å². The zero-order valence-corrected chi connectivity index (χ0v) is 11.1. The zero-order valence-electron chi connectivity index (χ0n) is 11.1. The molecule has 0 aliphatic rings. The van der Waals surface area contributed by atoms with Crippen LogP contribution >= 0.6 is 0 Å². The predicted octanol–water partition coefficient (Wildman–Crippen LogP) is 0.122. The van der Waals surface area contributed by atoms with Crippen LogP contribution in [0.3, 0.4) is 0 Å². The highest BCUT2D eigenvalue weighted by atomic mass is 16.5. The van der Waals surface area contributed by atoms with Gasteiger partial charge in [0, 0.05) is 6.42 Å². The smallest absolute Gasteiger partial charge is 0.254 e. The van der Waals surface area contributed by atoms with Crippen LogP contribution in [0, 0.1) is 0 Å². The second-order valence-corrected chi connectivity index (χ2v) is 4.14. The van der Waals surface area contributed by atoms with Crippen LogP contribution in [0.5, 0.6) is 5.75 Å². The van der Waals surface area contributed by atoms with E-state index in [-0.39, 0.29) is 12.3 Å². The van der Waals surface area contributed by atoms with E-state index >= 15 is 0 Å². The van der Waals surface area contributed by atoms with Crippen LogP contribution in [0.1, 0.15) is 18.9 Å². The van der Waals surface area contributed by atoms with Crippen molar-refractivity contribution in [3.8, 4) is 5.75 Å². The van der Waals surface area contributed by atoms with Crippen LogP contribution in [0.4, 0.5) is 0 Å². The summed E-state index contributed by atoms with van der Waals surface area (Å²) in [4.78, 5) is 22.7. The second kappa shape index (κ2) is 7.38. The number of methoxy groups -OCH3 is 1. The fraction of sp³-hybridized carbons (Fsp3) is 0.385. The molecule has 0 bridgehead atoms. The maximum absolute atomic E-state index is 11.5. The topological polar surface area (TPSA) is 93.5 Å². The molecule has 0 fully saturated rings. The molecule has 0 spiro atoms. The van der Waals surface area contributed by atoms with Crippen LogP contribution in [0.15, 0.2) is 24.3 Å². The van der Waals surface area contributed by atoms with Gasteiger partial charge in [-0.25, -0.2) is 0 Å². The lowest BCUT2D eigenvalue weighted by molar-refractivity contribution is -0.129. The minimum absolute atomic E-state index is 0.250. The van der Waals surface area contributed by atoms with Gasteiger partial charge in [-0.2, -0.15) is 0 Å².